The summed E-state index contributed by atoms with van der Waals surface area (Å²) in [6.07, 6.45) is -1.05. The number of carbonyl (C=O) groups excluding carboxylic acids is 3. The highest BCUT2D eigenvalue weighted by Gasteiger charge is 2.42. The van der Waals surface area contributed by atoms with Crippen LogP contribution in [0.4, 0.5) is 24.5 Å². The fourth-order valence-electron chi connectivity index (χ4n) is 8.74. The number of carboxylic acid groups (broad SMARTS) is 1. The van der Waals surface area contributed by atoms with Crippen molar-refractivity contribution >= 4 is 46.7 Å². The monoisotopic (exact) mass is 898 g/mol. The number of nitrogens with zero attached hydrogens (tertiary/aromatic N) is 7. The third-order valence-corrected chi connectivity index (χ3v) is 12.4. The van der Waals surface area contributed by atoms with Crippen LogP contribution in [0.1, 0.15) is 50.8 Å². The van der Waals surface area contributed by atoms with Crippen LogP contribution in [-0.2, 0) is 22.2 Å². The van der Waals surface area contributed by atoms with Gasteiger partial charge in [0.1, 0.15) is 0 Å². The van der Waals surface area contributed by atoms with Gasteiger partial charge in [-0.25, -0.2) is 9.78 Å². The number of halogens is 4. The number of carbonyl (C=O) groups is 4. The molecule has 18 nitrogen and oxygen atoms in total. The fourth-order valence-corrected chi connectivity index (χ4v) is 9.00. The molecule has 0 radical (unpaired) electrons. The van der Waals surface area contributed by atoms with Crippen LogP contribution in [0.5, 0.6) is 0 Å². The molecular formula is C41H52ClF3N13O5+. The van der Waals surface area contributed by atoms with Crippen molar-refractivity contribution in [2.45, 2.75) is 25.4 Å². The maximum Gasteiger partial charge on any atom is 0.435 e. The second-order valence-electron chi connectivity index (χ2n) is 16.4. The number of anilines is 2. The number of aliphatic carboxylic acids is 1. The predicted octanol–water partition coefficient (Wildman–Crippen LogP) is 2.25. The summed E-state index contributed by atoms with van der Waals surface area (Å²) in [5.41, 5.74) is 11.7. The number of piperidine rings is 1. The topological polar surface area (TPSA) is 245 Å². The Morgan fingerprint density at radius 1 is 0.968 bits per heavy atom. The number of aromatic amines is 2. The first-order chi connectivity index (χ1) is 30.2. The van der Waals surface area contributed by atoms with Crippen molar-refractivity contribution in [1.29, 1.82) is 0 Å². The van der Waals surface area contributed by atoms with Gasteiger partial charge in [-0.2, -0.15) is 18.3 Å². The molecule has 3 aromatic heterocycles. The zero-order chi connectivity index (χ0) is 44.9. The number of rotatable bonds is 16. The van der Waals surface area contributed by atoms with Crippen molar-refractivity contribution < 1.29 is 41.9 Å². The Morgan fingerprint density at radius 2 is 1.67 bits per heavy atom. The van der Waals surface area contributed by atoms with Gasteiger partial charge >= 0.3 is 12.1 Å². The molecule has 0 unspecified atom stereocenters. The Labute approximate surface area is 366 Å². The first-order valence-corrected chi connectivity index (χ1v) is 21.3. The molecule has 4 aromatic rings. The van der Waals surface area contributed by atoms with E-state index in [0.29, 0.717) is 94.4 Å². The van der Waals surface area contributed by atoms with Crippen molar-refractivity contribution in [2.24, 2.45) is 23.3 Å². The van der Waals surface area contributed by atoms with Crippen molar-refractivity contribution in [3.63, 3.8) is 0 Å². The zero-order valence-corrected chi connectivity index (χ0v) is 35.4. The van der Waals surface area contributed by atoms with E-state index in [4.69, 9.17) is 23.1 Å². The summed E-state index contributed by atoms with van der Waals surface area (Å²) in [7, 11) is 0. The molecule has 0 saturated carbocycles. The van der Waals surface area contributed by atoms with Gasteiger partial charge in [-0.1, -0.05) is 11.6 Å². The number of nitrogens with one attached hydrogen (secondary N) is 4. The third-order valence-electron chi connectivity index (χ3n) is 12.1. The molecule has 0 spiro atoms. The van der Waals surface area contributed by atoms with Crippen molar-refractivity contribution in [2.75, 3.05) is 102 Å². The van der Waals surface area contributed by atoms with Gasteiger partial charge in [-0.05, 0) is 30.3 Å². The lowest BCUT2D eigenvalue weighted by Crippen LogP contribution is -2.62. The number of piperazine rings is 1. The smallest absolute Gasteiger partial charge is 0.435 e. The van der Waals surface area contributed by atoms with Gasteiger partial charge in [-0.3, -0.25) is 24.5 Å². The van der Waals surface area contributed by atoms with Gasteiger partial charge < -0.3 is 51.4 Å². The van der Waals surface area contributed by atoms with Crippen LogP contribution in [0.25, 0.3) is 11.4 Å². The Hall–Kier alpha value is -5.61. The average molecular weight is 899 g/mol. The third kappa shape index (κ3) is 10.6. The first kappa shape index (κ1) is 45.4. The van der Waals surface area contributed by atoms with Crippen molar-refractivity contribution in [1.82, 2.24) is 40.3 Å². The van der Waals surface area contributed by atoms with Gasteiger partial charge in [0, 0.05) is 120 Å². The van der Waals surface area contributed by atoms with Gasteiger partial charge in [0.05, 0.1) is 53.5 Å². The molecule has 3 saturated heterocycles. The summed E-state index contributed by atoms with van der Waals surface area (Å²) in [5.74, 6) is -1.72. The predicted molar refractivity (Wildman–Crippen MR) is 227 cm³/mol. The van der Waals surface area contributed by atoms with E-state index in [1.807, 2.05) is 4.90 Å². The summed E-state index contributed by atoms with van der Waals surface area (Å²) in [5, 5.41) is 21.6. The number of aromatic nitrogens is 5. The highest BCUT2D eigenvalue weighted by Crippen LogP contribution is 2.36. The zero-order valence-electron chi connectivity index (χ0n) is 34.6. The van der Waals surface area contributed by atoms with Crippen LogP contribution in [0.15, 0.2) is 42.7 Å². The second-order valence-corrected chi connectivity index (χ2v) is 16.8. The highest BCUT2D eigenvalue weighted by atomic mass is 35.5. The average Bonchev–Trinajstić information content (AvgIpc) is 3.90. The van der Waals surface area contributed by atoms with Crippen LogP contribution in [0.3, 0.4) is 0 Å². The lowest BCUT2D eigenvalue weighted by molar-refractivity contribution is -0.929. The van der Waals surface area contributed by atoms with E-state index in [1.54, 1.807) is 21.9 Å². The minimum absolute atomic E-state index is 0.0351. The van der Waals surface area contributed by atoms with Crippen LogP contribution >= 0.6 is 11.6 Å². The number of alkyl halides is 3. The van der Waals surface area contributed by atoms with E-state index < -0.39 is 23.7 Å². The normalized spacial score (nSPS) is 19.4. The standard InChI is InChI=1S/C41H51ClF3N13O5/c42-32-18-27(1-3-30(32)40(63)57-13-11-56(12-14-57)39(62)26-5-15-58(16-6-26,24-34(59)60)23-25-19-48-20-25)52-38(61)37-50-21-28(51-37)17-31-35(53-54-36(31)41(43,44)45)33-4-2-29(22-49-33)55(9-7-46)10-8-47/h1-4,18,21-22,25-26,48H,5-17,19-20,23-24,46-47H2,(H3-,49,50,51,52,53,54,59,60,61,63)/p+1. The van der Waals surface area contributed by atoms with Crippen LogP contribution < -0.4 is 27.0 Å². The molecule has 63 heavy (non-hydrogen) atoms. The number of hydrogen-bond acceptors (Lipinski definition) is 11. The number of quaternary nitrogens is 1. The summed E-state index contributed by atoms with van der Waals surface area (Å²) < 4.78 is 42.9. The number of nitrogens with two attached hydrogens (primary N) is 2. The Balaban J connectivity index is 0.935. The second kappa shape index (κ2) is 19.4. The fraction of sp³-hybridized carbons (Fsp3) is 0.488. The Kier molecular flexibility index (Phi) is 14.0. The lowest BCUT2D eigenvalue weighted by Gasteiger charge is -2.46. The maximum atomic E-state index is 14.1. The SMILES string of the molecule is NCCN(CCN)c1ccc(-c2[nH]nc(C(F)(F)F)c2Cc2cnc(C(=O)Nc3ccc(C(=O)N4CCN(C(=O)C5CC[N+](CC(=O)O)(CC6CNC6)CC5)CC4)c(Cl)c3)[nH]2)nc1. The van der Waals surface area contributed by atoms with E-state index in [2.05, 4.69) is 35.8 Å². The number of H-pyrrole nitrogens is 2. The molecule has 3 aliphatic heterocycles. The van der Waals surface area contributed by atoms with E-state index in [9.17, 15) is 37.5 Å². The number of amides is 3. The van der Waals surface area contributed by atoms with Gasteiger partial charge in [0.15, 0.2) is 18.1 Å². The molecule has 0 aliphatic carbocycles. The molecule has 0 bridgehead atoms. The van der Waals surface area contributed by atoms with E-state index in [1.165, 1.54) is 30.6 Å². The molecule has 6 heterocycles. The van der Waals surface area contributed by atoms with Crippen molar-refractivity contribution in [3.05, 3.63) is 76.1 Å². The number of benzene rings is 1. The number of hydrogen-bond donors (Lipinski definition) is 7. The minimum Gasteiger partial charge on any atom is -0.477 e. The molecule has 338 valence electrons. The van der Waals surface area contributed by atoms with Gasteiger partial charge in [-0.15, -0.1) is 0 Å². The molecule has 22 heteroatoms. The molecule has 0 atom stereocenters. The first-order valence-electron chi connectivity index (χ1n) is 20.9. The van der Waals surface area contributed by atoms with E-state index in [-0.39, 0.29) is 75.4 Å². The summed E-state index contributed by atoms with van der Waals surface area (Å²) in [6.45, 7) is 7.05. The quantitative estimate of drug-likeness (QED) is 0.0802. The largest absolute Gasteiger partial charge is 0.477 e. The number of carboxylic acids is 1. The molecule has 3 amide bonds. The van der Waals surface area contributed by atoms with Crippen LogP contribution in [0.2, 0.25) is 5.02 Å². The lowest BCUT2D eigenvalue weighted by atomic mass is 9.90. The Bertz CT molecular complexity index is 2260. The minimum atomic E-state index is -4.79. The van der Waals surface area contributed by atoms with E-state index >= 15 is 0 Å². The van der Waals surface area contributed by atoms with E-state index in [0.717, 1.165) is 19.6 Å². The van der Waals surface area contributed by atoms with Crippen LogP contribution in [-0.4, -0.2) is 160 Å². The van der Waals surface area contributed by atoms with Gasteiger partial charge in [0.25, 0.3) is 11.8 Å². The molecule has 3 aliphatic rings. The number of imidazole rings is 1. The van der Waals surface area contributed by atoms with Gasteiger partial charge in [0.2, 0.25) is 5.91 Å². The molecule has 7 rings (SSSR count). The molecule has 9 N–H and O–H groups in total. The number of likely N-dealkylation sites (tertiary alicyclic amines) is 1. The van der Waals surface area contributed by atoms with Crippen LogP contribution in [0, 0.1) is 11.8 Å². The summed E-state index contributed by atoms with van der Waals surface area (Å²) in [4.78, 5) is 68.6. The summed E-state index contributed by atoms with van der Waals surface area (Å²) in [6, 6.07) is 7.70. The van der Waals surface area contributed by atoms with Crippen molar-refractivity contribution in [3.8, 4) is 11.4 Å². The molecule has 1 aromatic carbocycles. The maximum absolute atomic E-state index is 14.1. The highest BCUT2D eigenvalue weighted by molar-refractivity contribution is 6.34. The summed E-state index contributed by atoms with van der Waals surface area (Å²) >= 11 is 6.56. The Morgan fingerprint density at radius 3 is 2.25 bits per heavy atom. The molecule has 3 fully saturated rings. The number of pyridine rings is 1. The molecular weight excluding hydrogens is 847 g/mol.